The van der Waals surface area contributed by atoms with Crippen molar-refractivity contribution in [3.63, 3.8) is 0 Å². The van der Waals surface area contributed by atoms with Gasteiger partial charge in [0.1, 0.15) is 5.82 Å². The second-order valence-corrected chi connectivity index (χ2v) is 5.63. The molecule has 1 N–H and O–H groups in total. The molecule has 0 aliphatic rings. The lowest BCUT2D eigenvalue weighted by atomic mass is 10.0. The molecule has 1 atom stereocenters. The molecule has 2 aromatic rings. The van der Waals surface area contributed by atoms with E-state index in [0.717, 1.165) is 22.3 Å². The summed E-state index contributed by atoms with van der Waals surface area (Å²) in [6.45, 7) is 2.03. The van der Waals surface area contributed by atoms with Gasteiger partial charge in [-0.1, -0.05) is 25.1 Å². The summed E-state index contributed by atoms with van der Waals surface area (Å²) in [5, 5.41) is 14.6. The maximum Gasteiger partial charge on any atom is 0.126 e. The van der Waals surface area contributed by atoms with Gasteiger partial charge in [0, 0.05) is 19.9 Å². The predicted octanol–water partition coefficient (Wildman–Crippen LogP) is 3.03. The molecule has 2 rings (SSSR count). The van der Waals surface area contributed by atoms with Crippen molar-refractivity contribution >= 4 is 15.9 Å². The standard InChI is InChI=1S/C15H18BrFN2O/c1-3-13-15(16)14(19(2)18-13)9-11(20)8-10-6-4-5-7-12(10)17/h4-7,11,20H,3,8-9H2,1-2H3. The number of hydrogen-bond acceptors (Lipinski definition) is 2. The third-order valence-corrected chi connectivity index (χ3v) is 4.26. The minimum Gasteiger partial charge on any atom is -0.392 e. The zero-order valence-electron chi connectivity index (χ0n) is 11.6. The largest absolute Gasteiger partial charge is 0.392 e. The second-order valence-electron chi connectivity index (χ2n) is 4.84. The van der Waals surface area contributed by atoms with Crippen LogP contribution in [-0.4, -0.2) is 21.0 Å². The number of aliphatic hydroxyl groups is 1. The molecule has 1 aromatic carbocycles. The molecule has 0 aliphatic heterocycles. The number of halogens is 2. The molecule has 1 aromatic heterocycles. The molecule has 0 bridgehead atoms. The lowest BCUT2D eigenvalue weighted by molar-refractivity contribution is 0.171. The van der Waals surface area contributed by atoms with Crippen LogP contribution in [0.15, 0.2) is 28.7 Å². The van der Waals surface area contributed by atoms with E-state index in [1.807, 2.05) is 14.0 Å². The Morgan fingerprint density at radius 2 is 2.05 bits per heavy atom. The molecule has 1 heterocycles. The van der Waals surface area contributed by atoms with Crippen molar-refractivity contribution in [2.75, 3.05) is 0 Å². The minimum atomic E-state index is -0.636. The monoisotopic (exact) mass is 340 g/mol. The quantitative estimate of drug-likeness (QED) is 0.908. The number of aromatic nitrogens is 2. The number of nitrogens with zero attached hydrogens (tertiary/aromatic N) is 2. The van der Waals surface area contributed by atoms with Crippen LogP contribution < -0.4 is 0 Å². The van der Waals surface area contributed by atoms with Gasteiger partial charge in [0.2, 0.25) is 0 Å². The first-order valence-corrected chi connectivity index (χ1v) is 7.44. The maximum atomic E-state index is 13.6. The summed E-state index contributed by atoms with van der Waals surface area (Å²) in [6, 6.07) is 6.54. The Labute approximate surface area is 126 Å². The fourth-order valence-corrected chi connectivity index (χ4v) is 3.03. The van der Waals surface area contributed by atoms with Crippen LogP contribution in [0.2, 0.25) is 0 Å². The SMILES string of the molecule is CCc1nn(C)c(CC(O)Cc2ccccc2F)c1Br. The summed E-state index contributed by atoms with van der Waals surface area (Å²) in [7, 11) is 1.86. The van der Waals surface area contributed by atoms with Gasteiger partial charge in [0.05, 0.1) is 22.0 Å². The first kappa shape index (κ1) is 15.2. The van der Waals surface area contributed by atoms with Gasteiger partial charge in [-0.3, -0.25) is 4.68 Å². The van der Waals surface area contributed by atoms with Crippen molar-refractivity contribution in [1.82, 2.24) is 9.78 Å². The fraction of sp³-hybridized carbons (Fsp3) is 0.400. The van der Waals surface area contributed by atoms with Crippen LogP contribution in [0.4, 0.5) is 4.39 Å². The summed E-state index contributed by atoms with van der Waals surface area (Å²) in [4.78, 5) is 0. The number of aryl methyl sites for hydroxylation is 2. The Balaban J connectivity index is 2.11. The van der Waals surface area contributed by atoms with E-state index in [1.54, 1.807) is 22.9 Å². The highest BCUT2D eigenvalue weighted by Gasteiger charge is 2.17. The highest BCUT2D eigenvalue weighted by atomic mass is 79.9. The van der Waals surface area contributed by atoms with Crippen LogP contribution in [0, 0.1) is 5.82 Å². The van der Waals surface area contributed by atoms with Crippen LogP contribution in [-0.2, 0) is 26.3 Å². The normalized spacial score (nSPS) is 12.7. The van der Waals surface area contributed by atoms with Crippen molar-refractivity contribution < 1.29 is 9.50 Å². The van der Waals surface area contributed by atoms with Gasteiger partial charge < -0.3 is 5.11 Å². The summed E-state index contributed by atoms with van der Waals surface area (Å²) in [5.74, 6) is -0.273. The first-order valence-electron chi connectivity index (χ1n) is 6.64. The lowest BCUT2D eigenvalue weighted by Crippen LogP contribution is -2.17. The molecule has 3 nitrogen and oxygen atoms in total. The van der Waals surface area contributed by atoms with Gasteiger partial charge in [-0.05, 0) is 34.0 Å². The van der Waals surface area contributed by atoms with Gasteiger partial charge >= 0.3 is 0 Å². The summed E-state index contributed by atoms with van der Waals surface area (Å²) in [5.41, 5.74) is 2.44. The fourth-order valence-electron chi connectivity index (χ4n) is 2.25. The first-order chi connectivity index (χ1) is 9.52. The Kier molecular flexibility index (Phi) is 4.94. The predicted molar refractivity (Wildman–Crippen MR) is 80.1 cm³/mol. The zero-order chi connectivity index (χ0) is 14.7. The number of benzene rings is 1. The minimum absolute atomic E-state index is 0.273. The highest BCUT2D eigenvalue weighted by molar-refractivity contribution is 9.10. The average molecular weight is 341 g/mol. The van der Waals surface area contributed by atoms with Crippen molar-refractivity contribution in [1.29, 1.82) is 0 Å². The Bertz CT molecular complexity index is 598. The van der Waals surface area contributed by atoms with Gasteiger partial charge in [-0.25, -0.2) is 4.39 Å². The van der Waals surface area contributed by atoms with E-state index in [2.05, 4.69) is 21.0 Å². The average Bonchev–Trinajstić information content (AvgIpc) is 2.69. The van der Waals surface area contributed by atoms with E-state index in [0.29, 0.717) is 18.4 Å². The van der Waals surface area contributed by atoms with Crippen molar-refractivity contribution in [3.8, 4) is 0 Å². The summed E-state index contributed by atoms with van der Waals surface area (Å²) < 4.78 is 16.3. The Morgan fingerprint density at radius 1 is 1.35 bits per heavy atom. The molecule has 1 unspecified atom stereocenters. The molecule has 20 heavy (non-hydrogen) atoms. The zero-order valence-corrected chi connectivity index (χ0v) is 13.2. The Morgan fingerprint density at radius 3 is 2.65 bits per heavy atom. The molecule has 0 spiro atoms. The van der Waals surface area contributed by atoms with Crippen LogP contribution in [0.5, 0.6) is 0 Å². The number of rotatable bonds is 5. The van der Waals surface area contributed by atoms with E-state index in [9.17, 15) is 9.50 Å². The Hall–Kier alpha value is -1.20. The molecule has 0 aliphatic carbocycles. The van der Waals surface area contributed by atoms with Gasteiger partial charge in [0.25, 0.3) is 0 Å². The number of hydrogen-bond donors (Lipinski definition) is 1. The van der Waals surface area contributed by atoms with E-state index in [-0.39, 0.29) is 5.82 Å². The number of aliphatic hydroxyl groups excluding tert-OH is 1. The van der Waals surface area contributed by atoms with Crippen LogP contribution >= 0.6 is 15.9 Å². The molecule has 5 heteroatoms. The maximum absolute atomic E-state index is 13.6. The lowest BCUT2D eigenvalue weighted by Gasteiger charge is -2.12. The molecule has 108 valence electrons. The van der Waals surface area contributed by atoms with E-state index < -0.39 is 6.10 Å². The van der Waals surface area contributed by atoms with E-state index in [4.69, 9.17) is 0 Å². The van der Waals surface area contributed by atoms with Crippen LogP contribution in [0.1, 0.15) is 23.9 Å². The smallest absolute Gasteiger partial charge is 0.126 e. The van der Waals surface area contributed by atoms with Crippen LogP contribution in [0.3, 0.4) is 0 Å². The molecule has 0 saturated heterocycles. The molecule has 0 amide bonds. The molecule has 0 radical (unpaired) electrons. The van der Waals surface area contributed by atoms with Gasteiger partial charge in [-0.15, -0.1) is 0 Å². The van der Waals surface area contributed by atoms with Crippen LogP contribution in [0.25, 0.3) is 0 Å². The van der Waals surface area contributed by atoms with Crippen molar-refractivity contribution in [2.45, 2.75) is 32.3 Å². The summed E-state index contributed by atoms with van der Waals surface area (Å²) in [6.07, 6.45) is 0.936. The topological polar surface area (TPSA) is 38.0 Å². The van der Waals surface area contributed by atoms with E-state index >= 15 is 0 Å². The molecule has 0 saturated carbocycles. The van der Waals surface area contributed by atoms with Crippen molar-refractivity contribution in [3.05, 3.63) is 51.5 Å². The molecular formula is C15H18BrFN2O. The van der Waals surface area contributed by atoms with Gasteiger partial charge in [-0.2, -0.15) is 5.10 Å². The molecular weight excluding hydrogens is 323 g/mol. The second kappa shape index (κ2) is 6.50. The third kappa shape index (κ3) is 3.27. The van der Waals surface area contributed by atoms with Crippen molar-refractivity contribution in [2.24, 2.45) is 7.05 Å². The van der Waals surface area contributed by atoms with E-state index in [1.165, 1.54) is 6.07 Å². The van der Waals surface area contributed by atoms with Gasteiger partial charge in [0.15, 0.2) is 0 Å². The highest BCUT2D eigenvalue weighted by Crippen LogP contribution is 2.23. The molecule has 0 fully saturated rings. The summed E-state index contributed by atoms with van der Waals surface area (Å²) >= 11 is 3.52. The third-order valence-electron chi connectivity index (χ3n) is 3.35.